The first-order chi connectivity index (χ1) is 15.7. The van der Waals surface area contributed by atoms with E-state index in [4.69, 9.17) is 9.84 Å². The second-order valence-corrected chi connectivity index (χ2v) is 9.14. The fourth-order valence-corrected chi connectivity index (χ4v) is 3.95. The maximum atomic E-state index is 12.7. The molecule has 0 saturated carbocycles. The topological polar surface area (TPSA) is 105 Å². The van der Waals surface area contributed by atoms with E-state index in [1.807, 2.05) is 45.0 Å². The van der Waals surface area contributed by atoms with Crippen molar-refractivity contribution in [1.82, 2.24) is 10.6 Å². The van der Waals surface area contributed by atoms with Crippen molar-refractivity contribution in [3.05, 3.63) is 71.8 Å². The lowest BCUT2D eigenvalue weighted by molar-refractivity contribution is -0.131. The van der Waals surface area contributed by atoms with E-state index in [1.54, 1.807) is 0 Å². The predicted molar refractivity (Wildman–Crippen MR) is 126 cm³/mol. The van der Waals surface area contributed by atoms with Crippen molar-refractivity contribution in [3.8, 4) is 11.1 Å². The van der Waals surface area contributed by atoms with Crippen LogP contribution in [-0.2, 0) is 14.3 Å². The van der Waals surface area contributed by atoms with E-state index in [-0.39, 0.29) is 36.8 Å². The van der Waals surface area contributed by atoms with Crippen molar-refractivity contribution in [3.63, 3.8) is 0 Å². The molecular formula is C26H30N2O5. The molecule has 2 aromatic rings. The molecule has 7 nitrogen and oxygen atoms in total. The van der Waals surface area contributed by atoms with Gasteiger partial charge in [-0.15, -0.1) is 0 Å². The Kier molecular flexibility index (Phi) is 7.53. The normalized spacial score (nSPS) is 13.8. The molecule has 0 radical (unpaired) electrons. The molecule has 2 amide bonds. The predicted octanol–water partition coefficient (Wildman–Crippen LogP) is 4.09. The first kappa shape index (κ1) is 24.0. The van der Waals surface area contributed by atoms with E-state index in [9.17, 15) is 14.4 Å². The van der Waals surface area contributed by atoms with Crippen LogP contribution in [0.15, 0.2) is 60.7 Å². The minimum Gasteiger partial charge on any atom is -0.478 e. The molecule has 0 saturated heterocycles. The number of hydrogen-bond donors (Lipinski definition) is 3. The van der Waals surface area contributed by atoms with Gasteiger partial charge in [0.15, 0.2) is 0 Å². The van der Waals surface area contributed by atoms with Crippen LogP contribution in [0.4, 0.5) is 4.79 Å². The first-order valence-electron chi connectivity index (χ1n) is 10.9. The van der Waals surface area contributed by atoms with Crippen LogP contribution in [0.25, 0.3) is 11.1 Å². The van der Waals surface area contributed by atoms with Crippen molar-refractivity contribution < 1.29 is 24.2 Å². The van der Waals surface area contributed by atoms with Gasteiger partial charge in [-0.25, -0.2) is 9.59 Å². The number of hydrogen-bond acceptors (Lipinski definition) is 4. The van der Waals surface area contributed by atoms with Gasteiger partial charge < -0.3 is 20.5 Å². The average molecular weight is 451 g/mol. The summed E-state index contributed by atoms with van der Waals surface area (Å²) in [7, 11) is 0. The number of carboxylic acid groups (broad SMARTS) is 1. The lowest BCUT2D eigenvalue weighted by Gasteiger charge is -2.31. The molecule has 3 rings (SSSR count). The Morgan fingerprint density at radius 3 is 2.15 bits per heavy atom. The fourth-order valence-electron chi connectivity index (χ4n) is 3.95. The highest BCUT2D eigenvalue weighted by atomic mass is 16.5. The Balaban J connectivity index is 1.60. The van der Waals surface area contributed by atoms with Crippen LogP contribution in [0, 0.1) is 5.41 Å². The van der Waals surface area contributed by atoms with Crippen molar-refractivity contribution in [2.24, 2.45) is 5.41 Å². The second kappa shape index (κ2) is 10.3. The van der Waals surface area contributed by atoms with Gasteiger partial charge in [0.2, 0.25) is 5.91 Å². The highest BCUT2D eigenvalue weighted by Crippen LogP contribution is 2.44. The third-order valence-electron chi connectivity index (χ3n) is 5.75. The molecule has 0 aromatic heterocycles. The van der Waals surface area contributed by atoms with Gasteiger partial charge in [-0.3, -0.25) is 4.79 Å². The molecule has 174 valence electrons. The summed E-state index contributed by atoms with van der Waals surface area (Å²) in [4.78, 5) is 35.4. The van der Waals surface area contributed by atoms with Crippen LogP contribution in [0.1, 0.15) is 44.2 Å². The number of benzene rings is 2. The SMILES string of the molecule is CC(C)(C)C(CC(=O)NC/C=C/C(=O)O)NC(=O)OCC1c2ccccc2-c2ccccc21. The molecule has 2 aromatic carbocycles. The lowest BCUT2D eigenvalue weighted by atomic mass is 9.84. The second-order valence-electron chi connectivity index (χ2n) is 9.14. The monoisotopic (exact) mass is 450 g/mol. The van der Waals surface area contributed by atoms with Crippen molar-refractivity contribution in [2.75, 3.05) is 13.2 Å². The molecule has 7 heteroatoms. The minimum absolute atomic E-state index is 0.0412. The standard InChI is InChI=1S/C26H30N2O5/c1-26(2,3)22(15-23(29)27-14-8-13-24(30)31)28-25(32)33-16-21-19-11-6-4-9-17(19)18-10-5-7-12-20(18)21/h4-13,21-22H,14-16H2,1-3H3,(H,27,29)(H,28,32)(H,30,31)/b13-8+. The van der Waals surface area contributed by atoms with Crippen molar-refractivity contribution in [1.29, 1.82) is 0 Å². The number of rotatable bonds is 8. The molecule has 0 spiro atoms. The zero-order valence-corrected chi connectivity index (χ0v) is 19.1. The number of nitrogens with one attached hydrogen (secondary N) is 2. The molecule has 1 aliphatic carbocycles. The van der Waals surface area contributed by atoms with Gasteiger partial charge >= 0.3 is 12.1 Å². The maximum absolute atomic E-state index is 12.7. The van der Waals surface area contributed by atoms with Gasteiger partial charge in [0.05, 0.1) is 0 Å². The third kappa shape index (κ3) is 6.22. The molecule has 1 unspecified atom stereocenters. The van der Waals surface area contributed by atoms with Gasteiger partial charge in [-0.05, 0) is 27.7 Å². The molecular weight excluding hydrogens is 420 g/mol. The molecule has 0 fully saturated rings. The van der Waals surface area contributed by atoms with E-state index in [2.05, 4.69) is 34.9 Å². The number of fused-ring (bicyclic) bond motifs is 3. The Hall–Kier alpha value is -3.61. The van der Waals surface area contributed by atoms with Crippen LogP contribution in [-0.4, -0.2) is 42.3 Å². The largest absolute Gasteiger partial charge is 0.478 e. The Morgan fingerprint density at radius 1 is 1.03 bits per heavy atom. The van der Waals surface area contributed by atoms with Gasteiger partial charge in [0.25, 0.3) is 0 Å². The molecule has 0 aliphatic heterocycles. The number of amides is 2. The summed E-state index contributed by atoms with van der Waals surface area (Å²) in [6.45, 7) is 6.09. The third-order valence-corrected chi connectivity index (χ3v) is 5.75. The van der Waals surface area contributed by atoms with Crippen LogP contribution in [0.5, 0.6) is 0 Å². The smallest absolute Gasteiger partial charge is 0.407 e. The highest BCUT2D eigenvalue weighted by molar-refractivity contribution is 5.81. The van der Waals surface area contributed by atoms with Gasteiger partial charge in [0.1, 0.15) is 6.61 Å². The summed E-state index contributed by atoms with van der Waals surface area (Å²) in [5.41, 5.74) is 4.19. The number of carbonyl (C=O) groups is 3. The number of ether oxygens (including phenoxy) is 1. The summed E-state index contributed by atoms with van der Waals surface area (Å²) in [6, 6.07) is 15.8. The van der Waals surface area contributed by atoms with Gasteiger partial charge in [0, 0.05) is 31.0 Å². The van der Waals surface area contributed by atoms with Gasteiger partial charge in [-0.2, -0.15) is 0 Å². The maximum Gasteiger partial charge on any atom is 0.407 e. The zero-order chi connectivity index (χ0) is 24.0. The van der Waals surface area contributed by atoms with Crippen LogP contribution in [0.3, 0.4) is 0 Å². The number of carboxylic acids is 1. The number of carbonyl (C=O) groups excluding carboxylic acids is 2. The Morgan fingerprint density at radius 2 is 1.61 bits per heavy atom. The van der Waals surface area contributed by atoms with Crippen molar-refractivity contribution >= 4 is 18.0 Å². The molecule has 0 bridgehead atoms. The first-order valence-corrected chi connectivity index (χ1v) is 10.9. The quantitative estimate of drug-likeness (QED) is 0.526. The fraction of sp³-hybridized carbons (Fsp3) is 0.346. The summed E-state index contributed by atoms with van der Waals surface area (Å²) in [5.74, 6) is -1.40. The zero-order valence-electron chi connectivity index (χ0n) is 19.1. The van der Waals surface area contributed by atoms with Crippen LogP contribution in [0.2, 0.25) is 0 Å². The summed E-state index contributed by atoms with van der Waals surface area (Å²) >= 11 is 0. The molecule has 1 aliphatic rings. The summed E-state index contributed by atoms with van der Waals surface area (Å²) < 4.78 is 5.61. The average Bonchev–Trinajstić information content (AvgIpc) is 3.08. The Bertz CT molecular complexity index is 1010. The summed E-state index contributed by atoms with van der Waals surface area (Å²) in [6.07, 6.45) is 1.80. The van der Waals surface area contributed by atoms with Gasteiger partial charge in [-0.1, -0.05) is 75.4 Å². The minimum atomic E-state index is -1.08. The number of alkyl carbamates (subject to hydrolysis) is 1. The van der Waals surface area contributed by atoms with Crippen molar-refractivity contribution in [2.45, 2.75) is 39.2 Å². The van der Waals surface area contributed by atoms with E-state index in [0.29, 0.717) is 0 Å². The molecule has 3 N–H and O–H groups in total. The highest BCUT2D eigenvalue weighted by Gasteiger charge is 2.31. The lowest BCUT2D eigenvalue weighted by Crippen LogP contribution is -2.47. The number of aliphatic carboxylic acids is 1. The van der Waals surface area contributed by atoms with Crippen LogP contribution >= 0.6 is 0 Å². The summed E-state index contributed by atoms with van der Waals surface area (Å²) in [5, 5.41) is 14.1. The molecule has 1 atom stereocenters. The van der Waals surface area contributed by atoms with E-state index in [0.717, 1.165) is 28.3 Å². The van der Waals surface area contributed by atoms with Crippen LogP contribution < -0.4 is 10.6 Å². The van der Waals surface area contributed by atoms with E-state index < -0.39 is 18.1 Å². The Labute approximate surface area is 193 Å². The molecule has 33 heavy (non-hydrogen) atoms. The molecule has 0 heterocycles. The van der Waals surface area contributed by atoms with E-state index in [1.165, 1.54) is 6.08 Å². The van der Waals surface area contributed by atoms with E-state index >= 15 is 0 Å².